The molecule has 5 heterocycles. The number of benzene rings is 2. The lowest BCUT2D eigenvalue weighted by molar-refractivity contribution is -0.129. The number of hydrogen-bond acceptors (Lipinski definition) is 5. The molecule has 1 aliphatic heterocycles. The van der Waals surface area contributed by atoms with Crippen LogP contribution < -0.4 is 5.32 Å². The van der Waals surface area contributed by atoms with Gasteiger partial charge in [0.25, 0.3) is 0 Å². The molecule has 1 fully saturated rings. The smallest absolute Gasteiger partial charge is 0.246 e. The van der Waals surface area contributed by atoms with Crippen molar-refractivity contribution < 1.29 is 14.0 Å². The number of nitrogens with one attached hydrogen (secondary N) is 1. The first-order chi connectivity index (χ1) is 20.4. The molecule has 0 saturated carbocycles. The van der Waals surface area contributed by atoms with Gasteiger partial charge in [0.2, 0.25) is 11.8 Å². The maximum Gasteiger partial charge on any atom is 0.246 e. The van der Waals surface area contributed by atoms with E-state index in [1.807, 2.05) is 60.6 Å². The molecule has 1 aliphatic rings. The SMILES string of the molecule is CC(=O)N1CCC(c2nn(CC(=O)Nc3cccn4nccc34)c3cccc(-c4cc5c(cnn5C)cc4F)c23)CC1. The number of hydrogen-bond donors (Lipinski definition) is 1. The van der Waals surface area contributed by atoms with E-state index in [0.717, 1.165) is 45.9 Å². The van der Waals surface area contributed by atoms with Crippen LogP contribution in [0.3, 0.4) is 0 Å². The van der Waals surface area contributed by atoms with Gasteiger partial charge in [-0.05, 0) is 54.8 Å². The standard InChI is InChI=1S/C31H29FN8O2/c1-19(41)38-13-9-20(10-14-38)31-30-22(23-16-28-21(15-24(23)32)17-34-37(28)2)5-3-7-27(30)40(36-31)18-29(42)35-25-6-4-12-39-26(25)8-11-33-39/h3-8,11-12,15-17,20H,9-10,13-14,18H2,1-2H3,(H,35,42). The minimum atomic E-state index is -0.347. The van der Waals surface area contributed by atoms with Crippen LogP contribution in [0.25, 0.3) is 38.4 Å². The first-order valence-corrected chi connectivity index (χ1v) is 14.0. The highest BCUT2D eigenvalue weighted by atomic mass is 19.1. The second kappa shape index (κ2) is 10.1. The van der Waals surface area contributed by atoms with Gasteiger partial charge in [-0.2, -0.15) is 15.3 Å². The Morgan fingerprint density at radius 1 is 1.00 bits per heavy atom. The maximum absolute atomic E-state index is 15.6. The van der Waals surface area contributed by atoms with E-state index < -0.39 is 0 Å². The quantitative estimate of drug-likeness (QED) is 0.326. The summed E-state index contributed by atoms with van der Waals surface area (Å²) in [6, 6.07) is 14.5. The molecule has 0 atom stereocenters. The van der Waals surface area contributed by atoms with Gasteiger partial charge in [0.15, 0.2) is 0 Å². The van der Waals surface area contributed by atoms with Crippen LogP contribution in [0.15, 0.2) is 67.1 Å². The van der Waals surface area contributed by atoms with Crippen LogP contribution in [0.2, 0.25) is 0 Å². The average molecular weight is 565 g/mol. The van der Waals surface area contributed by atoms with Crippen LogP contribution in [0.5, 0.6) is 0 Å². The van der Waals surface area contributed by atoms with E-state index in [-0.39, 0.29) is 30.1 Å². The molecule has 0 aliphatic carbocycles. The number of aromatic nitrogens is 6. The topological polar surface area (TPSA) is 102 Å². The number of rotatable bonds is 5. The molecule has 1 saturated heterocycles. The van der Waals surface area contributed by atoms with Crippen molar-refractivity contribution in [3.05, 3.63) is 78.6 Å². The zero-order valence-electron chi connectivity index (χ0n) is 23.3. The first kappa shape index (κ1) is 25.9. The predicted octanol–water partition coefficient (Wildman–Crippen LogP) is 4.74. The van der Waals surface area contributed by atoms with Gasteiger partial charge in [-0.25, -0.2) is 8.91 Å². The highest BCUT2D eigenvalue weighted by molar-refractivity contribution is 6.01. The van der Waals surface area contributed by atoms with Crippen molar-refractivity contribution in [3.63, 3.8) is 0 Å². The number of anilines is 1. The van der Waals surface area contributed by atoms with Crippen LogP contribution in [-0.2, 0) is 23.2 Å². The van der Waals surface area contributed by atoms with Gasteiger partial charge >= 0.3 is 0 Å². The zero-order chi connectivity index (χ0) is 29.0. The highest BCUT2D eigenvalue weighted by Gasteiger charge is 2.28. The Morgan fingerprint density at radius 3 is 2.64 bits per heavy atom. The maximum atomic E-state index is 15.6. The molecule has 1 N–H and O–H groups in total. The van der Waals surface area contributed by atoms with Gasteiger partial charge < -0.3 is 10.2 Å². The van der Waals surface area contributed by atoms with E-state index in [1.165, 1.54) is 6.07 Å². The number of piperidine rings is 1. The number of aryl methyl sites for hydroxylation is 1. The summed E-state index contributed by atoms with van der Waals surface area (Å²) in [6.45, 7) is 2.82. The molecule has 11 heteroatoms. The lowest BCUT2D eigenvalue weighted by Crippen LogP contribution is -2.36. The Kier molecular flexibility index (Phi) is 6.22. The summed E-state index contributed by atoms with van der Waals surface area (Å²) < 4.78 is 20.8. The number of pyridine rings is 1. The normalized spacial score (nSPS) is 14.3. The summed E-state index contributed by atoms with van der Waals surface area (Å²) in [5.74, 6) is -0.474. The Bertz CT molecular complexity index is 2000. The lowest BCUT2D eigenvalue weighted by Gasteiger charge is -2.30. The molecule has 0 bridgehead atoms. The van der Waals surface area contributed by atoms with Crippen molar-refractivity contribution in [2.75, 3.05) is 18.4 Å². The van der Waals surface area contributed by atoms with E-state index in [4.69, 9.17) is 5.10 Å². The molecule has 0 spiro atoms. The Balaban J connectivity index is 1.32. The molecule has 4 aromatic heterocycles. The van der Waals surface area contributed by atoms with E-state index in [0.29, 0.717) is 29.9 Å². The molecule has 42 heavy (non-hydrogen) atoms. The number of halogens is 1. The third kappa shape index (κ3) is 4.37. The molecule has 0 unspecified atom stereocenters. The zero-order valence-corrected chi connectivity index (χ0v) is 23.3. The van der Waals surface area contributed by atoms with E-state index >= 15 is 4.39 Å². The minimum Gasteiger partial charge on any atom is -0.343 e. The minimum absolute atomic E-state index is 0.0231. The highest BCUT2D eigenvalue weighted by Crippen LogP contribution is 2.39. The predicted molar refractivity (Wildman–Crippen MR) is 157 cm³/mol. The van der Waals surface area contributed by atoms with Gasteiger partial charge in [-0.1, -0.05) is 12.1 Å². The molecule has 2 amide bonds. The van der Waals surface area contributed by atoms with E-state index in [2.05, 4.69) is 15.5 Å². The Morgan fingerprint density at radius 2 is 1.83 bits per heavy atom. The molecule has 6 aromatic rings. The van der Waals surface area contributed by atoms with Gasteiger partial charge in [-0.15, -0.1) is 0 Å². The third-order valence-electron chi connectivity index (χ3n) is 8.26. The third-order valence-corrected chi connectivity index (χ3v) is 8.26. The number of likely N-dealkylation sites (tertiary alicyclic amines) is 1. The van der Waals surface area contributed by atoms with Crippen LogP contribution >= 0.6 is 0 Å². The molecule has 10 nitrogen and oxygen atoms in total. The van der Waals surface area contributed by atoms with E-state index in [1.54, 1.807) is 33.2 Å². The number of carbonyl (C=O) groups excluding carboxylic acids is 2. The van der Waals surface area contributed by atoms with Crippen molar-refractivity contribution in [3.8, 4) is 11.1 Å². The monoisotopic (exact) mass is 564 g/mol. The second-order valence-electron chi connectivity index (χ2n) is 10.8. The summed E-state index contributed by atoms with van der Waals surface area (Å²) in [7, 11) is 1.83. The fourth-order valence-corrected chi connectivity index (χ4v) is 6.12. The van der Waals surface area contributed by atoms with Gasteiger partial charge in [0, 0.05) is 55.5 Å². The summed E-state index contributed by atoms with van der Waals surface area (Å²) in [5, 5.41) is 18.1. The van der Waals surface area contributed by atoms with Gasteiger partial charge in [0.1, 0.15) is 12.4 Å². The lowest BCUT2D eigenvalue weighted by atomic mass is 9.89. The first-order valence-electron chi connectivity index (χ1n) is 14.0. The number of carbonyl (C=O) groups is 2. The molecule has 0 radical (unpaired) electrons. The van der Waals surface area contributed by atoms with Crippen LogP contribution in [-0.4, -0.2) is 59.0 Å². The van der Waals surface area contributed by atoms with Gasteiger partial charge in [0.05, 0.1) is 40.3 Å². The van der Waals surface area contributed by atoms with Crippen molar-refractivity contribution in [2.45, 2.75) is 32.2 Å². The molecule has 7 rings (SSSR count). The summed E-state index contributed by atoms with van der Waals surface area (Å²) in [4.78, 5) is 27.2. The fraction of sp³-hybridized carbons (Fsp3) is 0.258. The second-order valence-corrected chi connectivity index (χ2v) is 10.8. The van der Waals surface area contributed by atoms with Crippen LogP contribution in [0, 0.1) is 5.82 Å². The van der Waals surface area contributed by atoms with Crippen molar-refractivity contribution in [1.29, 1.82) is 0 Å². The van der Waals surface area contributed by atoms with Gasteiger partial charge in [-0.3, -0.25) is 19.0 Å². The summed E-state index contributed by atoms with van der Waals surface area (Å²) in [6.07, 6.45) is 6.62. The van der Waals surface area contributed by atoms with Crippen molar-refractivity contribution in [1.82, 2.24) is 34.1 Å². The largest absolute Gasteiger partial charge is 0.343 e. The Labute approximate surface area is 240 Å². The van der Waals surface area contributed by atoms with Crippen molar-refractivity contribution >= 4 is 44.8 Å². The van der Waals surface area contributed by atoms with Crippen LogP contribution in [0.1, 0.15) is 31.4 Å². The van der Waals surface area contributed by atoms with E-state index in [9.17, 15) is 9.59 Å². The molecular weight excluding hydrogens is 535 g/mol. The number of nitrogens with zero attached hydrogens (tertiary/aromatic N) is 7. The van der Waals surface area contributed by atoms with Crippen molar-refractivity contribution in [2.24, 2.45) is 7.05 Å². The fourth-order valence-electron chi connectivity index (χ4n) is 6.12. The van der Waals surface area contributed by atoms with Crippen LogP contribution in [0.4, 0.5) is 10.1 Å². The molecular formula is C31H29FN8O2. The number of fused-ring (bicyclic) bond motifs is 3. The average Bonchev–Trinajstić information content (AvgIpc) is 3.71. The molecule has 2 aromatic carbocycles. The number of amides is 2. The summed E-state index contributed by atoms with van der Waals surface area (Å²) in [5.41, 5.74) is 5.00. The molecule has 212 valence electrons. The summed E-state index contributed by atoms with van der Waals surface area (Å²) >= 11 is 0. The Hall–Kier alpha value is -5.06.